The number of nitrogens with one attached hydrogen (secondary N) is 1. The molecule has 2 heterocycles. The van der Waals surface area contributed by atoms with Crippen LogP contribution in [0.2, 0.25) is 0 Å². The van der Waals surface area contributed by atoms with E-state index in [1.54, 1.807) is 11.8 Å². The Labute approximate surface area is 167 Å². The summed E-state index contributed by atoms with van der Waals surface area (Å²) in [4.78, 5) is 12.6. The molecule has 0 radical (unpaired) electrons. The van der Waals surface area contributed by atoms with Crippen molar-refractivity contribution in [3.05, 3.63) is 29.8 Å². The lowest BCUT2D eigenvalue weighted by Crippen LogP contribution is -2.35. The SMILES string of the molecule is CC(C)Sc1nnc(NC(=O)c2ccc(S(=O)(=O)N3CCCCC3)cc2)s1. The number of aromatic nitrogens is 2. The number of hydrogen-bond donors (Lipinski definition) is 1. The third-order valence-corrected chi connectivity index (χ3v) is 7.87. The minimum atomic E-state index is -3.49. The van der Waals surface area contributed by atoms with Crippen molar-refractivity contribution in [3.8, 4) is 0 Å². The maximum atomic E-state index is 12.7. The van der Waals surface area contributed by atoms with Crippen LogP contribution in [0.15, 0.2) is 33.5 Å². The Hall–Kier alpha value is -1.49. The van der Waals surface area contributed by atoms with Gasteiger partial charge in [0.25, 0.3) is 5.91 Å². The number of sulfonamides is 1. The molecular formula is C17H22N4O3S3. The predicted octanol–water partition coefficient (Wildman–Crippen LogP) is 3.47. The molecule has 1 saturated heterocycles. The highest BCUT2D eigenvalue weighted by molar-refractivity contribution is 8.01. The molecular weight excluding hydrogens is 404 g/mol. The third kappa shape index (κ3) is 5.07. The maximum absolute atomic E-state index is 12.7. The number of benzene rings is 1. The van der Waals surface area contributed by atoms with Crippen LogP contribution in [-0.2, 0) is 10.0 Å². The van der Waals surface area contributed by atoms with Crippen LogP contribution in [0, 0.1) is 0 Å². The molecule has 0 atom stereocenters. The highest BCUT2D eigenvalue weighted by atomic mass is 32.2. The molecule has 1 aliphatic heterocycles. The topological polar surface area (TPSA) is 92.3 Å². The second-order valence-electron chi connectivity index (χ2n) is 6.48. The van der Waals surface area contributed by atoms with Crippen molar-refractivity contribution in [1.82, 2.24) is 14.5 Å². The monoisotopic (exact) mass is 426 g/mol. The largest absolute Gasteiger partial charge is 0.296 e. The fourth-order valence-corrected chi connectivity index (χ4v) is 6.20. The fourth-order valence-electron chi connectivity index (χ4n) is 2.71. The van der Waals surface area contributed by atoms with E-state index in [1.807, 2.05) is 0 Å². The van der Waals surface area contributed by atoms with Crippen molar-refractivity contribution in [1.29, 1.82) is 0 Å². The van der Waals surface area contributed by atoms with E-state index in [1.165, 1.54) is 39.9 Å². The summed E-state index contributed by atoms with van der Waals surface area (Å²) in [5, 5.41) is 11.5. The molecule has 1 N–H and O–H groups in total. The van der Waals surface area contributed by atoms with Crippen molar-refractivity contribution >= 4 is 44.2 Å². The van der Waals surface area contributed by atoms with Crippen molar-refractivity contribution in [3.63, 3.8) is 0 Å². The van der Waals surface area contributed by atoms with Crippen LogP contribution in [0.4, 0.5) is 5.13 Å². The van der Waals surface area contributed by atoms with E-state index in [0.29, 0.717) is 29.0 Å². The first-order valence-electron chi connectivity index (χ1n) is 8.78. The molecule has 1 aromatic heterocycles. The summed E-state index contributed by atoms with van der Waals surface area (Å²) in [7, 11) is -3.49. The van der Waals surface area contributed by atoms with Crippen molar-refractivity contribution in [2.45, 2.75) is 47.6 Å². The molecule has 10 heteroatoms. The van der Waals surface area contributed by atoms with E-state index in [0.717, 1.165) is 23.6 Å². The van der Waals surface area contributed by atoms with Crippen LogP contribution < -0.4 is 5.32 Å². The van der Waals surface area contributed by atoms with E-state index in [4.69, 9.17) is 0 Å². The first kappa shape index (κ1) is 20.2. The molecule has 0 unspecified atom stereocenters. The molecule has 1 aromatic carbocycles. The average Bonchev–Trinajstić information content (AvgIpc) is 3.08. The second kappa shape index (κ2) is 8.68. The highest BCUT2D eigenvalue weighted by Gasteiger charge is 2.26. The Morgan fingerprint density at radius 2 is 1.81 bits per heavy atom. The van der Waals surface area contributed by atoms with Crippen molar-refractivity contribution in [2.24, 2.45) is 0 Å². The smallest absolute Gasteiger partial charge is 0.257 e. The Balaban J connectivity index is 1.67. The Bertz CT molecular complexity index is 888. The molecule has 27 heavy (non-hydrogen) atoms. The fraction of sp³-hybridized carbons (Fsp3) is 0.471. The standard InChI is InChI=1S/C17H22N4O3S3/c1-12(2)25-17-20-19-16(26-17)18-15(22)13-6-8-14(9-7-13)27(23,24)21-10-4-3-5-11-21/h6-9,12H,3-5,10-11H2,1-2H3,(H,18,19,22). The van der Waals surface area contributed by atoms with Gasteiger partial charge in [0, 0.05) is 23.9 Å². The van der Waals surface area contributed by atoms with Crippen molar-refractivity contribution < 1.29 is 13.2 Å². The molecule has 1 amide bonds. The Morgan fingerprint density at radius 1 is 1.15 bits per heavy atom. The molecule has 0 spiro atoms. The molecule has 1 aliphatic rings. The minimum absolute atomic E-state index is 0.215. The molecule has 0 saturated carbocycles. The number of anilines is 1. The quantitative estimate of drug-likeness (QED) is 0.562. The van der Waals surface area contributed by atoms with Gasteiger partial charge in [0.05, 0.1) is 4.90 Å². The van der Waals surface area contributed by atoms with Gasteiger partial charge in [0.1, 0.15) is 0 Å². The molecule has 1 fully saturated rings. The lowest BCUT2D eigenvalue weighted by Gasteiger charge is -2.25. The zero-order valence-corrected chi connectivity index (χ0v) is 17.7. The number of thioether (sulfide) groups is 1. The number of hydrogen-bond acceptors (Lipinski definition) is 7. The average molecular weight is 427 g/mol. The van der Waals surface area contributed by atoms with Gasteiger partial charge >= 0.3 is 0 Å². The predicted molar refractivity (Wildman–Crippen MR) is 108 cm³/mol. The van der Waals surface area contributed by atoms with E-state index in [-0.39, 0.29) is 10.8 Å². The number of nitrogens with zero attached hydrogens (tertiary/aromatic N) is 3. The summed E-state index contributed by atoms with van der Waals surface area (Å²) in [5.41, 5.74) is 0.376. The highest BCUT2D eigenvalue weighted by Crippen LogP contribution is 2.28. The zero-order chi connectivity index (χ0) is 19.4. The number of rotatable bonds is 6. The van der Waals surface area contributed by atoms with Crippen LogP contribution in [0.3, 0.4) is 0 Å². The number of piperidine rings is 1. The van der Waals surface area contributed by atoms with E-state index >= 15 is 0 Å². The van der Waals surface area contributed by atoms with Gasteiger partial charge in [-0.25, -0.2) is 8.42 Å². The van der Waals surface area contributed by atoms with Gasteiger partial charge in [-0.3, -0.25) is 10.1 Å². The lowest BCUT2D eigenvalue weighted by atomic mass is 10.2. The van der Waals surface area contributed by atoms with Crippen LogP contribution in [0.5, 0.6) is 0 Å². The number of carbonyl (C=O) groups is 1. The van der Waals surface area contributed by atoms with Gasteiger partial charge in [-0.05, 0) is 37.1 Å². The van der Waals surface area contributed by atoms with Gasteiger partial charge in [-0.15, -0.1) is 10.2 Å². The van der Waals surface area contributed by atoms with Gasteiger partial charge in [-0.1, -0.05) is 43.4 Å². The van der Waals surface area contributed by atoms with E-state index in [9.17, 15) is 13.2 Å². The first-order chi connectivity index (χ1) is 12.9. The van der Waals surface area contributed by atoms with Crippen LogP contribution in [0.1, 0.15) is 43.5 Å². The van der Waals surface area contributed by atoms with E-state index < -0.39 is 10.0 Å². The summed E-state index contributed by atoms with van der Waals surface area (Å²) in [6.45, 7) is 5.23. The zero-order valence-electron chi connectivity index (χ0n) is 15.2. The van der Waals surface area contributed by atoms with Gasteiger partial charge in [-0.2, -0.15) is 4.31 Å². The van der Waals surface area contributed by atoms with E-state index in [2.05, 4.69) is 29.4 Å². The molecule has 146 valence electrons. The molecule has 2 aromatic rings. The molecule has 3 rings (SSSR count). The molecule has 7 nitrogen and oxygen atoms in total. The second-order valence-corrected chi connectivity index (χ2v) is 11.2. The summed E-state index contributed by atoms with van der Waals surface area (Å²) in [6, 6.07) is 6.02. The summed E-state index contributed by atoms with van der Waals surface area (Å²) >= 11 is 2.90. The normalized spacial score (nSPS) is 15.8. The van der Waals surface area contributed by atoms with Gasteiger partial charge in [0.15, 0.2) is 4.34 Å². The third-order valence-electron chi connectivity index (χ3n) is 4.03. The summed E-state index contributed by atoms with van der Waals surface area (Å²) in [5.74, 6) is -0.339. The Kier molecular flexibility index (Phi) is 6.51. The lowest BCUT2D eigenvalue weighted by molar-refractivity contribution is 0.102. The van der Waals surface area contributed by atoms with Gasteiger partial charge < -0.3 is 0 Å². The summed E-state index contributed by atoms with van der Waals surface area (Å²) < 4.78 is 27.6. The Morgan fingerprint density at radius 3 is 2.44 bits per heavy atom. The van der Waals surface area contributed by atoms with Crippen LogP contribution in [-0.4, -0.2) is 47.2 Å². The van der Waals surface area contributed by atoms with Crippen LogP contribution in [0.25, 0.3) is 0 Å². The summed E-state index contributed by atoms with van der Waals surface area (Å²) in [6.07, 6.45) is 2.84. The van der Waals surface area contributed by atoms with Crippen LogP contribution >= 0.6 is 23.1 Å². The number of amides is 1. The number of carbonyl (C=O) groups excluding carboxylic acids is 1. The molecule has 0 bridgehead atoms. The van der Waals surface area contributed by atoms with Gasteiger partial charge in [0.2, 0.25) is 15.2 Å². The molecule has 0 aliphatic carbocycles. The minimum Gasteiger partial charge on any atom is -0.296 e. The maximum Gasteiger partial charge on any atom is 0.257 e. The first-order valence-corrected chi connectivity index (χ1v) is 11.9. The van der Waals surface area contributed by atoms with Crippen molar-refractivity contribution in [2.75, 3.05) is 18.4 Å².